The minimum absolute atomic E-state index is 0.231. The first-order chi connectivity index (χ1) is 16.3. The van der Waals surface area contributed by atoms with Crippen molar-refractivity contribution in [1.29, 1.82) is 0 Å². The Labute approximate surface area is 199 Å². The summed E-state index contributed by atoms with van der Waals surface area (Å²) in [5, 5.41) is 2.35. The van der Waals surface area contributed by atoms with Crippen LogP contribution in [0.5, 0.6) is 0 Å². The maximum Gasteiger partial charge on any atom is 0.329 e. The number of nitrogen functional groups attached to an aromatic ring is 1. The van der Waals surface area contributed by atoms with Crippen LogP contribution in [-0.2, 0) is 29.6 Å². The summed E-state index contributed by atoms with van der Waals surface area (Å²) in [5.41, 5.74) is 10.3. The van der Waals surface area contributed by atoms with E-state index in [0.29, 0.717) is 6.42 Å². The molecule has 0 radical (unpaired) electrons. The van der Waals surface area contributed by atoms with Crippen LogP contribution < -0.4 is 16.7 Å². The van der Waals surface area contributed by atoms with Crippen LogP contribution in [0.4, 0.5) is 5.69 Å². The average molecular weight is 464 g/mol. The Morgan fingerprint density at radius 1 is 1.00 bits per heavy atom. The van der Waals surface area contributed by atoms with Gasteiger partial charge in [0, 0.05) is 25.7 Å². The molecule has 3 aromatic rings. The van der Waals surface area contributed by atoms with Crippen molar-refractivity contribution in [1.82, 2.24) is 19.4 Å². The normalized spacial score (nSPS) is 16.4. The fraction of sp³-hybridized carbons (Fsp3) is 0.423. The van der Waals surface area contributed by atoms with Crippen molar-refractivity contribution in [3.63, 3.8) is 0 Å². The summed E-state index contributed by atoms with van der Waals surface area (Å²) in [6, 6.07) is 13.4. The zero-order valence-electron chi connectivity index (χ0n) is 19.9. The summed E-state index contributed by atoms with van der Waals surface area (Å²) >= 11 is 0. The van der Waals surface area contributed by atoms with Crippen molar-refractivity contribution in [2.75, 3.05) is 19.3 Å². The van der Waals surface area contributed by atoms with E-state index in [1.165, 1.54) is 15.7 Å². The third-order valence-electron chi connectivity index (χ3n) is 6.61. The highest BCUT2D eigenvalue weighted by atomic mass is 16.2. The van der Waals surface area contributed by atoms with Gasteiger partial charge in [-0.05, 0) is 74.7 Å². The van der Waals surface area contributed by atoms with E-state index in [9.17, 15) is 14.4 Å². The lowest BCUT2D eigenvalue weighted by Gasteiger charge is -2.21. The molecule has 1 fully saturated rings. The van der Waals surface area contributed by atoms with E-state index < -0.39 is 11.9 Å². The van der Waals surface area contributed by atoms with Gasteiger partial charge in [-0.2, -0.15) is 0 Å². The molecule has 4 rings (SSSR count). The first-order valence-electron chi connectivity index (χ1n) is 11.9. The molecule has 2 heterocycles. The third-order valence-corrected chi connectivity index (χ3v) is 6.61. The molecule has 1 aliphatic heterocycles. The number of anilines is 1. The lowest BCUT2D eigenvalue weighted by atomic mass is 10.0. The van der Waals surface area contributed by atoms with Crippen molar-refractivity contribution in [2.45, 2.75) is 51.1 Å². The Morgan fingerprint density at radius 3 is 2.47 bits per heavy atom. The zero-order chi connectivity index (χ0) is 24.2. The Hall–Kier alpha value is -3.39. The van der Waals surface area contributed by atoms with Gasteiger partial charge in [0.05, 0.1) is 11.0 Å². The summed E-state index contributed by atoms with van der Waals surface area (Å²) in [4.78, 5) is 39.0. The summed E-state index contributed by atoms with van der Waals surface area (Å²) in [5.74, 6) is -0.690. The van der Waals surface area contributed by atoms with Crippen molar-refractivity contribution in [3.8, 4) is 0 Å². The second kappa shape index (κ2) is 10.3. The molecule has 180 valence electrons. The Morgan fingerprint density at radius 2 is 1.74 bits per heavy atom. The molecule has 8 nitrogen and oxygen atoms in total. The molecule has 8 heteroatoms. The van der Waals surface area contributed by atoms with Gasteiger partial charge in [0.2, 0.25) is 11.8 Å². The molecule has 3 N–H and O–H groups in total. The highest BCUT2D eigenvalue weighted by Crippen LogP contribution is 2.24. The first kappa shape index (κ1) is 23.8. The molecule has 1 aliphatic rings. The second-order valence-electron chi connectivity index (χ2n) is 9.29. The van der Waals surface area contributed by atoms with Crippen molar-refractivity contribution in [3.05, 3.63) is 64.1 Å². The largest absolute Gasteiger partial charge is 0.399 e. The van der Waals surface area contributed by atoms with E-state index in [4.69, 9.17) is 5.73 Å². The minimum atomic E-state index is -0.648. The number of imidazole rings is 1. The topological polar surface area (TPSA) is 102 Å². The van der Waals surface area contributed by atoms with Crippen LogP contribution in [0.25, 0.3) is 11.0 Å². The fourth-order valence-corrected chi connectivity index (χ4v) is 4.70. The van der Waals surface area contributed by atoms with E-state index >= 15 is 0 Å². The van der Waals surface area contributed by atoms with Crippen LogP contribution in [0.3, 0.4) is 0 Å². The van der Waals surface area contributed by atoms with Crippen LogP contribution >= 0.6 is 0 Å². The number of carbonyl (C=O) groups is 2. The highest BCUT2D eigenvalue weighted by Gasteiger charge is 2.31. The van der Waals surface area contributed by atoms with E-state index in [1.807, 2.05) is 30.3 Å². The number of carbonyl (C=O) groups excluding carboxylic acids is 2. The fourth-order valence-electron chi connectivity index (χ4n) is 4.70. The number of amides is 2. The number of fused-ring (bicyclic) bond motifs is 1. The molecule has 1 atom stereocenters. The van der Waals surface area contributed by atoms with Gasteiger partial charge in [-0.3, -0.25) is 24.0 Å². The smallest absolute Gasteiger partial charge is 0.329 e. The highest BCUT2D eigenvalue weighted by molar-refractivity contribution is 6.00. The van der Waals surface area contributed by atoms with Gasteiger partial charge in [0.25, 0.3) is 0 Å². The van der Waals surface area contributed by atoms with Crippen molar-refractivity contribution >= 4 is 28.5 Å². The van der Waals surface area contributed by atoms with E-state index in [2.05, 4.69) is 29.4 Å². The van der Waals surface area contributed by atoms with Crippen LogP contribution in [-0.4, -0.2) is 39.4 Å². The number of aryl methyl sites for hydroxylation is 2. The molecule has 0 spiro atoms. The molecule has 2 amide bonds. The van der Waals surface area contributed by atoms with E-state index in [0.717, 1.165) is 55.5 Å². The van der Waals surface area contributed by atoms with E-state index in [-0.39, 0.29) is 18.0 Å². The van der Waals surface area contributed by atoms with Gasteiger partial charge < -0.3 is 10.6 Å². The van der Waals surface area contributed by atoms with Gasteiger partial charge in [0.15, 0.2) is 0 Å². The number of nitrogens with two attached hydrogens (primary N) is 1. The quantitative estimate of drug-likeness (QED) is 0.289. The molecule has 0 aliphatic carbocycles. The second-order valence-corrected chi connectivity index (χ2v) is 9.29. The third kappa shape index (κ3) is 5.22. The monoisotopic (exact) mass is 463 g/mol. The van der Waals surface area contributed by atoms with Crippen molar-refractivity contribution in [2.24, 2.45) is 7.05 Å². The van der Waals surface area contributed by atoms with Crippen LogP contribution in [0.1, 0.15) is 49.3 Å². The molecular formula is C26H33N5O3. The minimum Gasteiger partial charge on any atom is -0.399 e. The number of rotatable bonds is 9. The molecular weight excluding hydrogens is 430 g/mol. The first-order valence-corrected chi connectivity index (χ1v) is 11.9. The lowest BCUT2D eigenvalue weighted by Crippen LogP contribution is -2.44. The number of piperidine rings is 1. The number of unbranched alkanes of at least 4 members (excludes halogenated alkanes) is 2. The number of imide groups is 1. The maximum absolute atomic E-state index is 12.9. The number of benzene rings is 2. The summed E-state index contributed by atoms with van der Waals surface area (Å²) in [6.45, 7) is 1.95. The van der Waals surface area contributed by atoms with Gasteiger partial charge in [-0.25, -0.2) is 4.79 Å². The van der Waals surface area contributed by atoms with Crippen LogP contribution in [0.2, 0.25) is 0 Å². The summed E-state index contributed by atoms with van der Waals surface area (Å²) < 4.78 is 3.12. The lowest BCUT2D eigenvalue weighted by molar-refractivity contribution is -0.135. The molecule has 0 bridgehead atoms. The van der Waals surface area contributed by atoms with Gasteiger partial charge in [-0.1, -0.05) is 24.6 Å². The van der Waals surface area contributed by atoms with Crippen LogP contribution in [0.15, 0.2) is 47.3 Å². The van der Waals surface area contributed by atoms with Crippen LogP contribution in [0, 0.1) is 0 Å². The van der Waals surface area contributed by atoms with Crippen molar-refractivity contribution < 1.29 is 9.59 Å². The Bertz CT molecular complexity index is 1240. The Balaban J connectivity index is 1.32. The number of aromatic nitrogens is 2. The molecule has 1 saturated heterocycles. The number of nitrogens with one attached hydrogen (secondary N) is 1. The molecule has 1 aromatic heterocycles. The molecule has 1 unspecified atom stereocenters. The number of hydrogen-bond acceptors (Lipinski definition) is 5. The predicted octanol–water partition coefficient (Wildman–Crippen LogP) is 2.74. The predicted molar refractivity (Wildman–Crippen MR) is 133 cm³/mol. The van der Waals surface area contributed by atoms with Gasteiger partial charge >= 0.3 is 5.69 Å². The van der Waals surface area contributed by atoms with Gasteiger partial charge in [-0.15, -0.1) is 0 Å². The average Bonchev–Trinajstić information content (AvgIpc) is 3.05. The number of nitrogens with zero attached hydrogens (tertiary/aromatic N) is 3. The SMILES string of the molecule is CN(CCCCCc1ccc2c(c1)n(C)c(=O)n2C1CCC(=O)NC1=O)Cc1ccc(N)cc1. The number of hydrogen-bond donors (Lipinski definition) is 2. The summed E-state index contributed by atoms with van der Waals surface area (Å²) in [6.07, 6.45) is 4.85. The molecule has 2 aromatic carbocycles. The standard InChI is InChI=1S/C26H33N5O3/c1-29(17-19-7-10-20(27)11-8-19)15-5-3-4-6-18-9-12-21-23(16-18)30(2)26(34)31(21)22-13-14-24(32)28-25(22)33/h7-12,16,22H,3-6,13-15,17,27H2,1-2H3,(H,28,32,33). The summed E-state index contributed by atoms with van der Waals surface area (Å²) in [7, 11) is 3.87. The molecule has 0 saturated carbocycles. The molecule has 34 heavy (non-hydrogen) atoms. The maximum atomic E-state index is 12.9. The van der Waals surface area contributed by atoms with Gasteiger partial charge in [0.1, 0.15) is 6.04 Å². The zero-order valence-corrected chi connectivity index (χ0v) is 19.9. The Kier molecular flexibility index (Phi) is 7.17. The van der Waals surface area contributed by atoms with E-state index in [1.54, 1.807) is 11.6 Å².